The number of fused-ring (bicyclic) bond motifs is 1. The van der Waals surface area contributed by atoms with Gasteiger partial charge in [-0.1, -0.05) is 12.1 Å². The van der Waals surface area contributed by atoms with Crippen LogP contribution in [0.1, 0.15) is 25.8 Å². The van der Waals surface area contributed by atoms with Crippen molar-refractivity contribution < 1.29 is 19.0 Å². The van der Waals surface area contributed by atoms with Crippen LogP contribution in [0.25, 0.3) is 0 Å². The average molecular weight is 350 g/mol. The Bertz CT molecular complexity index is 575. The number of carbonyl (C=O) groups is 1. The van der Waals surface area contributed by atoms with Gasteiger partial charge >= 0.3 is 0 Å². The summed E-state index contributed by atoms with van der Waals surface area (Å²) in [5, 5.41) is 2.88. The van der Waals surface area contributed by atoms with Crippen molar-refractivity contribution in [3.63, 3.8) is 0 Å². The molecule has 0 saturated heterocycles. The number of ether oxygens (including phenoxy) is 3. The molecule has 0 saturated carbocycles. The van der Waals surface area contributed by atoms with Gasteiger partial charge in [0.15, 0.2) is 11.5 Å². The number of methoxy groups -OCH3 is 1. The molecular weight excluding hydrogens is 320 g/mol. The zero-order valence-corrected chi connectivity index (χ0v) is 15.8. The highest BCUT2D eigenvalue weighted by Gasteiger charge is 2.32. The van der Waals surface area contributed by atoms with E-state index < -0.39 is 0 Å². The number of nitrogens with zero attached hydrogens (tertiary/aromatic N) is 1. The molecular formula is C19H30N2O4. The Morgan fingerprint density at radius 1 is 1.36 bits per heavy atom. The first-order valence-corrected chi connectivity index (χ1v) is 8.79. The van der Waals surface area contributed by atoms with Crippen molar-refractivity contribution in [1.82, 2.24) is 10.2 Å². The van der Waals surface area contributed by atoms with Crippen molar-refractivity contribution in [3.05, 3.63) is 23.8 Å². The molecule has 0 fully saturated rings. The van der Waals surface area contributed by atoms with Crippen LogP contribution in [0.4, 0.5) is 0 Å². The number of nitrogens with one attached hydrogen (secondary N) is 1. The molecule has 1 heterocycles. The fourth-order valence-corrected chi connectivity index (χ4v) is 2.91. The van der Waals surface area contributed by atoms with Gasteiger partial charge in [0.2, 0.25) is 5.91 Å². The normalized spacial score (nSPS) is 14.9. The fraction of sp³-hybridized carbons (Fsp3) is 0.632. The van der Waals surface area contributed by atoms with Gasteiger partial charge in [0, 0.05) is 32.2 Å². The molecule has 1 N–H and O–H groups in total. The Balaban J connectivity index is 1.69. The number of benzene rings is 1. The lowest BCUT2D eigenvalue weighted by Crippen LogP contribution is -2.37. The second-order valence-corrected chi connectivity index (χ2v) is 7.07. The monoisotopic (exact) mass is 350 g/mol. The van der Waals surface area contributed by atoms with Crippen molar-refractivity contribution in [2.75, 3.05) is 47.0 Å². The van der Waals surface area contributed by atoms with Gasteiger partial charge in [-0.15, -0.1) is 0 Å². The molecule has 1 amide bonds. The van der Waals surface area contributed by atoms with Gasteiger partial charge in [-0.3, -0.25) is 9.69 Å². The molecule has 2 rings (SSSR count). The molecule has 6 nitrogen and oxygen atoms in total. The van der Waals surface area contributed by atoms with Gasteiger partial charge in [-0.2, -0.15) is 0 Å². The van der Waals surface area contributed by atoms with Crippen molar-refractivity contribution >= 4 is 5.91 Å². The third kappa shape index (κ3) is 6.21. The number of hydrogen-bond donors (Lipinski definition) is 1. The average Bonchev–Trinajstić information content (AvgIpc) is 2.86. The third-order valence-corrected chi connectivity index (χ3v) is 4.04. The van der Waals surface area contributed by atoms with Gasteiger partial charge in [-0.25, -0.2) is 0 Å². The topological polar surface area (TPSA) is 60.0 Å². The van der Waals surface area contributed by atoms with Crippen molar-refractivity contribution in [2.24, 2.45) is 0 Å². The molecule has 1 aromatic rings. The minimum atomic E-state index is -0.191. The van der Waals surface area contributed by atoms with Crippen LogP contribution in [-0.2, 0) is 16.0 Å². The van der Waals surface area contributed by atoms with Gasteiger partial charge in [-0.05, 0) is 33.4 Å². The van der Waals surface area contributed by atoms with Crippen molar-refractivity contribution in [1.29, 1.82) is 0 Å². The van der Waals surface area contributed by atoms with Crippen LogP contribution in [0.15, 0.2) is 18.2 Å². The van der Waals surface area contributed by atoms with E-state index in [-0.39, 0.29) is 11.5 Å². The number of para-hydroxylation sites is 1. The van der Waals surface area contributed by atoms with E-state index in [1.807, 2.05) is 24.1 Å². The minimum absolute atomic E-state index is 0.000749. The predicted molar refractivity (Wildman–Crippen MR) is 97.3 cm³/mol. The quantitative estimate of drug-likeness (QED) is 0.653. The summed E-state index contributed by atoms with van der Waals surface area (Å²) < 4.78 is 16.8. The van der Waals surface area contributed by atoms with Crippen LogP contribution < -0.4 is 14.8 Å². The van der Waals surface area contributed by atoms with Crippen LogP contribution in [0.5, 0.6) is 11.5 Å². The molecule has 140 valence electrons. The highest BCUT2D eigenvalue weighted by atomic mass is 16.5. The molecule has 1 aliphatic rings. The molecule has 6 heteroatoms. The molecule has 0 spiro atoms. The van der Waals surface area contributed by atoms with E-state index in [9.17, 15) is 4.79 Å². The number of likely N-dealkylation sites (N-methyl/N-ethyl adjacent to an activating group) is 1. The van der Waals surface area contributed by atoms with Gasteiger partial charge in [0.1, 0.15) is 12.2 Å². The first kappa shape index (κ1) is 19.5. The van der Waals surface area contributed by atoms with Crippen molar-refractivity contribution in [3.8, 4) is 11.5 Å². The van der Waals surface area contributed by atoms with E-state index in [0.29, 0.717) is 26.3 Å². The Kier molecular flexibility index (Phi) is 7.08. The van der Waals surface area contributed by atoms with E-state index in [4.69, 9.17) is 14.2 Å². The van der Waals surface area contributed by atoms with E-state index in [2.05, 4.69) is 25.2 Å². The molecule has 0 aliphatic carbocycles. The number of hydrogen-bond acceptors (Lipinski definition) is 5. The van der Waals surface area contributed by atoms with E-state index in [0.717, 1.165) is 30.9 Å². The van der Waals surface area contributed by atoms with Crippen LogP contribution >= 0.6 is 0 Å². The molecule has 0 bridgehead atoms. The zero-order chi connectivity index (χ0) is 18.3. The smallest absolute Gasteiger partial charge is 0.234 e. The Labute approximate surface area is 150 Å². The Morgan fingerprint density at radius 3 is 2.92 bits per heavy atom. The maximum Gasteiger partial charge on any atom is 0.234 e. The van der Waals surface area contributed by atoms with Crippen molar-refractivity contribution in [2.45, 2.75) is 32.3 Å². The SMILES string of the molecule is COCCCN(C)CC(=O)NCCOc1cccc2c1OC(C)(C)C2. The summed E-state index contributed by atoms with van der Waals surface area (Å²) in [6.07, 6.45) is 1.80. The second-order valence-electron chi connectivity index (χ2n) is 7.07. The van der Waals surface area contributed by atoms with Gasteiger partial charge in [0.05, 0.1) is 13.1 Å². The molecule has 0 aromatic heterocycles. The fourth-order valence-electron chi connectivity index (χ4n) is 2.91. The van der Waals surface area contributed by atoms with E-state index >= 15 is 0 Å². The number of carbonyl (C=O) groups excluding carboxylic acids is 1. The standard InChI is InChI=1S/C19H30N2O4/c1-19(2)13-15-7-5-8-16(18(15)25-19)24-12-9-20-17(22)14-21(3)10-6-11-23-4/h5,7-8H,6,9-14H2,1-4H3,(H,20,22). The van der Waals surface area contributed by atoms with Gasteiger partial charge < -0.3 is 19.5 Å². The molecule has 0 unspecified atom stereocenters. The Hall–Kier alpha value is -1.79. The summed E-state index contributed by atoms with van der Waals surface area (Å²) >= 11 is 0. The lowest BCUT2D eigenvalue weighted by Gasteiger charge is -2.18. The number of amides is 1. The third-order valence-electron chi connectivity index (χ3n) is 4.04. The summed E-state index contributed by atoms with van der Waals surface area (Å²) in [5.74, 6) is 1.57. The highest BCUT2D eigenvalue weighted by molar-refractivity contribution is 5.77. The van der Waals surface area contributed by atoms with E-state index in [1.165, 1.54) is 5.56 Å². The van der Waals surface area contributed by atoms with Crippen LogP contribution in [0, 0.1) is 0 Å². The maximum absolute atomic E-state index is 11.9. The molecule has 1 aliphatic heterocycles. The second kappa shape index (κ2) is 9.06. The minimum Gasteiger partial charge on any atom is -0.488 e. The number of rotatable bonds is 10. The van der Waals surface area contributed by atoms with Crippen LogP contribution in [0.3, 0.4) is 0 Å². The summed E-state index contributed by atoms with van der Waals surface area (Å²) in [6, 6.07) is 5.95. The van der Waals surface area contributed by atoms with Crippen LogP contribution in [-0.4, -0.2) is 63.4 Å². The van der Waals surface area contributed by atoms with E-state index in [1.54, 1.807) is 7.11 Å². The highest BCUT2D eigenvalue weighted by Crippen LogP contribution is 2.41. The lowest BCUT2D eigenvalue weighted by molar-refractivity contribution is -0.122. The Morgan fingerprint density at radius 2 is 2.16 bits per heavy atom. The summed E-state index contributed by atoms with van der Waals surface area (Å²) in [7, 11) is 3.61. The largest absolute Gasteiger partial charge is 0.488 e. The molecule has 0 atom stereocenters. The molecule has 1 aromatic carbocycles. The molecule has 25 heavy (non-hydrogen) atoms. The summed E-state index contributed by atoms with van der Waals surface area (Å²) in [6.45, 7) is 6.94. The zero-order valence-electron chi connectivity index (χ0n) is 15.8. The van der Waals surface area contributed by atoms with Crippen LogP contribution in [0.2, 0.25) is 0 Å². The predicted octanol–water partition coefficient (Wildman–Crippen LogP) is 1.86. The first-order chi connectivity index (χ1) is 11.9. The summed E-state index contributed by atoms with van der Waals surface area (Å²) in [5.41, 5.74) is 0.980. The lowest BCUT2D eigenvalue weighted by atomic mass is 10.0. The van der Waals surface area contributed by atoms with Gasteiger partial charge in [0.25, 0.3) is 0 Å². The summed E-state index contributed by atoms with van der Waals surface area (Å²) in [4.78, 5) is 13.9. The first-order valence-electron chi connectivity index (χ1n) is 8.79. The maximum atomic E-state index is 11.9. The molecule has 0 radical (unpaired) electrons.